The normalized spacial score (nSPS) is 10.3. The van der Waals surface area contributed by atoms with Crippen molar-refractivity contribution in [3.8, 4) is 0 Å². The van der Waals surface area contributed by atoms with Crippen LogP contribution in [0.3, 0.4) is 0 Å². The van der Waals surface area contributed by atoms with Gasteiger partial charge in [0.2, 0.25) is 0 Å². The van der Waals surface area contributed by atoms with Gasteiger partial charge < -0.3 is 0 Å². The van der Waals surface area contributed by atoms with Crippen molar-refractivity contribution < 1.29 is 9.59 Å². The molecule has 5 heteroatoms. The Morgan fingerprint density at radius 3 is 2.39 bits per heavy atom. The van der Waals surface area contributed by atoms with Crippen LogP contribution in [0.1, 0.15) is 37.2 Å². The summed E-state index contributed by atoms with van der Waals surface area (Å²) in [6.07, 6.45) is 2.96. The van der Waals surface area contributed by atoms with E-state index >= 15 is 0 Å². The van der Waals surface area contributed by atoms with Gasteiger partial charge in [-0.2, -0.15) is 0 Å². The molecule has 0 aliphatic carbocycles. The number of aromatic nitrogens is 2. The number of ketones is 2. The van der Waals surface area contributed by atoms with Gasteiger partial charge in [0.05, 0.1) is 22.0 Å². The number of nitrogens with zero attached hydrogens (tertiary/aromatic N) is 2. The Kier molecular flexibility index (Phi) is 3.62. The van der Waals surface area contributed by atoms with E-state index < -0.39 is 0 Å². The average Bonchev–Trinajstić information content (AvgIpc) is 2.69. The Bertz CT molecular complexity index is 590. The third-order valence-electron chi connectivity index (χ3n) is 2.48. The standard InChI is InChI=1S/C13H12N2O2S/c1-8-13(18-9(2)15-8)12(17)7-11(16)10-3-5-14-6-4-10/h3-6H,7H2,1-2H3. The number of aryl methyl sites for hydroxylation is 2. The topological polar surface area (TPSA) is 59.9 Å². The lowest BCUT2D eigenvalue weighted by Crippen LogP contribution is -2.08. The van der Waals surface area contributed by atoms with E-state index in [0.29, 0.717) is 16.1 Å². The smallest absolute Gasteiger partial charge is 0.182 e. The van der Waals surface area contributed by atoms with Gasteiger partial charge in [0, 0.05) is 18.0 Å². The minimum Gasteiger partial charge on any atom is -0.294 e. The number of pyridine rings is 1. The zero-order valence-corrected chi connectivity index (χ0v) is 11.0. The van der Waals surface area contributed by atoms with Crippen LogP contribution in [-0.4, -0.2) is 21.5 Å². The van der Waals surface area contributed by atoms with Gasteiger partial charge in [0.1, 0.15) is 0 Å². The van der Waals surface area contributed by atoms with Crippen molar-refractivity contribution in [3.63, 3.8) is 0 Å². The van der Waals surface area contributed by atoms with Crippen molar-refractivity contribution in [2.24, 2.45) is 0 Å². The molecule has 0 saturated carbocycles. The highest BCUT2D eigenvalue weighted by Crippen LogP contribution is 2.19. The second-order valence-electron chi connectivity index (χ2n) is 3.91. The zero-order chi connectivity index (χ0) is 13.1. The molecule has 2 heterocycles. The molecule has 92 valence electrons. The van der Waals surface area contributed by atoms with Gasteiger partial charge in [0.25, 0.3) is 0 Å². The Balaban J connectivity index is 2.13. The summed E-state index contributed by atoms with van der Waals surface area (Å²) in [7, 11) is 0. The molecule has 0 aliphatic rings. The molecule has 2 aromatic heterocycles. The summed E-state index contributed by atoms with van der Waals surface area (Å²) in [5.41, 5.74) is 1.21. The van der Waals surface area contributed by atoms with Crippen molar-refractivity contribution in [3.05, 3.63) is 45.7 Å². The Morgan fingerprint density at radius 2 is 1.83 bits per heavy atom. The van der Waals surface area contributed by atoms with E-state index in [0.717, 1.165) is 5.01 Å². The van der Waals surface area contributed by atoms with Gasteiger partial charge in [-0.25, -0.2) is 4.98 Å². The fourth-order valence-electron chi connectivity index (χ4n) is 1.66. The number of hydrogen-bond donors (Lipinski definition) is 0. The summed E-state index contributed by atoms with van der Waals surface area (Å²) in [6, 6.07) is 3.22. The number of Topliss-reactive ketones (excluding diaryl/α,β-unsaturated/α-hetero) is 2. The van der Waals surface area contributed by atoms with Crippen LogP contribution in [0.2, 0.25) is 0 Å². The van der Waals surface area contributed by atoms with E-state index in [1.54, 1.807) is 31.5 Å². The van der Waals surface area contributed by atoms with E-state index in [4.69, 9.17) is 0 Å². The van der Waals surface area contributed by atoms with Gasteiger partial charge in [-0.1, -0.05) is 0 Å². The Morgan fingerprint density at radius 1 is 1.17 bits per heavy atom. The fourth-order valence-corrected chi connectivity index (χ4v) is 2.51. The van der Waals surface area contributed by atoms with Gasteiger partial charge in [-0.05, 0) is 26.0 Å². The molecule has 0 aliphatic heterocycles. The van der Waals surface area contributed by atoms with E-state index in [1.807, 2.05) is 6.92 Å². The molecule has 0 amide bonds. The highest BCUT2D eigenvalue weighted by molar-refractivity contribution is 7.13. The third kappa shape index (κ3) is 2.68. The van der Waals surface area contributed by atoms with Gasteiger partial charge in [0.15, 0.2) is 11.6 Å². The maximum Gasteiger partial charge on any atom is 0.182 e. The lowest BCUT2D eigenvalue weighted by molar-refractivity contribution is 0.0896. The van der Waals surface area contributed by atoms with Crippen LogP contribution in [0.25, 0.3) is 0 Å². The van der Waals surface area contributed by atoms with Crippen LogP contribution in [-0.2, 0) is 0 Å². The van der Waals surface area contributed by atoms with Crippen molar-refractivity contribution in [2.45, 2.75) is 20.3 Å². The molecule has 4 nitrogen and oxygen atoms in total. The molecule has 0 bridgehead atoms. The second-order valence-corrected chi connectivity index (χ2v) is 5.11. The molecule has 0 radical (unpaired) electrons. The quantitative estimate of drug-likeness (QED) is 0.626. The Hall–Kier alpha value is -1.88. The number of hydrogen-bond acceptors (Lipinski definition) is 5. The minimum atomic E-state index is -0.187. The highest BCUT2D eigenvalue weighted by atomic mass is 32.1. The third-order valence-corrected chi connectivity index (χ3v) is 3.59. The van der Waals surface area contributed by atoms with E-state index in [-0.39, 0.29) is 18.0 Å². The van der Waals surface area contributed by atoms with Gasteiger partial charge in [-0.3, -0.25) is 14.6 Å². The summed E-state index contributed by atoms with van der Waals surface area (Å²) in [4.78, 5) is 32.5. The predicted octanol–water partition coefficient (Wildman–Crippen LogP) is 2.61. The molecule has 2 rings (SSSR count). The number of thiazole rings is 1. The SMILES string of the molecule is Cc1nc(C)c(C(=O)CC(=O)c2ccncc2)s1. The van der Waals surface area contributed by atoms with Crippen LogP contribution in [0.5, 0.6) is 0 Å². The van der Waals surface area contributed by atoms with Crippen LogP contribution >= 0.6 is 11.3 Å². The second kappa shape index (κ2) is 5.18. The molecular weight excluding hydrogens is 248 g/mol. The first-order chi connectivity index (χ1) is 8.58. The maximum atomic E-state index is 12.0. The highest BCUT2D eigenvalue weighted by Gasteiger charge is 2.18. The molecule has 18 heavy (non-hydrogen) atoms. The predicted molar refractivity (Wildman–Crippen MR) is 69.1 cm³/mol. The molecule has 0 aromatic carbocycles. The maximum absolute atomic E-state index is 12.0. The molecule has 2 aromatic rings. The Labute approximate surface area is 109 Å². The van der Waals surface area contributed by atoms with Crippen molar-refractivity contribution in [1.82, 2.24) is 9.97 Å². The van der Waals surface area contributed by atoms with Crippen LogP contribution < -0.4 is 0 Å². The summed E-state index contributed by atoms with van der Waals surface area (Å²) >= 11 is 1.33. The molecule has 0 atom stereocenters. The van der Waals surface area contributed by atoms with Crippen molar-refractivity contribution in [2.75, 3.05) is 0 Å². The summed E-state index contributed by atoms with van der Waals surface area (Å²) in [5.74, 6) is -0.354. The van der Waals surface area contributed by atoms with Gasteiger partial charge >= 0.3 is 0 Å². The lowest BCUT2D eigenvalue weighted by atomic mass is 10.1. The minimum absolute atomic E-state index is 0.119. The van der Waals surface area contributed by atoms with Crippen LogP contribution in [0, 0.1) is 13.8 Å². The largest absolute Gasteiger partial charge is 0.294 e. The molecule has 0 spiro atoms. The summed E-state index contributed by atoms with van der Waals surface area (Å²) in [5, 5.41) is 0.840. The number of carbonyl (C=O) groups is 2. The molecule has 0 saturated heterocycles. The van der Waals surface area contributed by atoms with Crippen LogP contribution in [0.4, 0.5) is 0 Å². The van der Waals surface area contributed by atoms with Gasteiger partial charge in [-0.15, -0.1) is 11.3 Å². The summed E-state index contributed by atoms with van der Waals surface area (Å²) < 4.78 is 0. The zero-order valence-electron chi connectivity index (χ0n) is 10.1. The van der Waals surface area contributed by atoms with Crippen molar-refractivity contribution >= 4 is 22.9 Å². The monoisotopic (exact) mass is 260 g/mol. The first kappa shape index (κ1) is 12.6. The lowest BCUT2D eigenvalue weighted by Gasteiger charge is -1.99. The van der Waals surface area contributed by atoms with E-state index in [9.17, 15) is 9.59 Å². The molecular formula is C13H12N2O2S. The number of rotatable bonds is 4. The average molecular weight is 260 g/mol. The first-order valence-electron chi connectivity index (χ1n) is 5.48. The molecule has 0 unspecified atom stereocenters. The first-order valence-corrected chi connectivity index (χ1v) is 6.30. The summed E-state index contributed by atoms with van der Waals surface area (Å²) in [6.45, 7) is 3.63. The van der Waals surface area contributed by atoms with Crippen molar-refractivity contribution in [1.29, 1.82) is 0 Å². The van der Waals surface area contributed by atoms with E-state index in [1.165, 1.54) is 11.3 Å². The van der Waals surface area contributed by atoms with E-state index in [2.05, 4.69) is 9.97 Å². The van der Waals surface area contributed by atoms with Crippen LogP contribution in [0.15, 0.2) is 24.5 Å². The molecule has 0 fully saturated rings. The fraction of sp³-hybridized carbons (Fsp3) is 0.231. The molecule has 0 N–H and O–H groups in total. The number of carbonyl (C=O) groups excluding carboxylic acids is 2.